The van der Waals surface area contributed by atoms with E-state index in [1.54, 1.807) is 0 Å². The summed E-state index contributed by atoms with van der Waals surface area (Å²) in [4.78, 5) is 12.9. The lowest BCUT2D eigenvalue weighted by molar-refractivity contribution is -0.331. The maximum absolute atomic E-state index is 12.9. The lowest BCUT2D eigenvalue weighted by Crippen LogP contribution is -2.62. The van der Waals surface area contributed by atoms with Crippen LogP contribution < -0.4 is 0 Å². The fraction of sp³-hybridized carbons (Fsp3) is 0.424. The fourth-order valence-corrected chi connectivity index (χ4v) is 6.08. The topological polar surface area (TPSA) is 72.5 Å². The molecule has 0 N–H and O–H groups in total. The van der Waals surface area contributed by atoms with E-state index < -0.39 is 41.6 Å². The van der Waals surface area contributed by atoms with Gasteiger partial charge in [-0.25, -0.2) is 0 Å². The van der Waals surface area contributed by atoms with Gasteiger partial charge in [0.1, 0.15) is 30.5 Å². The Labute approximate surface area is 246 Å². The molecule has 3 aromatic carbocycles. The SMILES string of the molecule is CC(C)(C)C(=O)O[C@H]1C(S)O[C@@H]2COC(c3ccccc3)O[C@@H]2[C@@H]1OCOCC1c2ccccc2-c2ccccc21. The van der Waals surface area contributed by atoms with E-state index >= 15 is 0 Å². The monoisotopic (exact) mass is 576 g/mol. The van der Waals surface area contributed by atoms with Gasteiger partial charge in [-0.05, 0) is 43.0 Å². The van der Waals surface area contributed by atoms with Gasteiger partial charge in [0.05, 0.1) is 18.6 Å². The van der Waals surface area contributed by atoms with E-state index in [0.29, 0.717) is 6.61 Å². The lowest BCUT2D eigenvalue weighted by Gasteiger charge is -2.48. The van der Waals surface area contributed by atoms with Crippen LogP contribution in [0.3, 0.4) is 0 Å². The summed E-state index contributed by atoms with van der Waals surface area (Å²) in [5, 5.41) is 0. The maximum Gasteiger partial charge on any atom is 0.311 e. The van der Waals surface area contributed by atoms with Crippen LogP contribution in [0.25, 0.3) is 11.1 Å². The van der Waals surface area contributed by atoms with Gasteiger partial charge in [-0.15, -0.1) is 12.6 Å². The second-order valence-corrected chi connectivity index (χ2v) is 12.2. The molecule has 8 heteroatoms. The van der Waals surface area contributed by atoms with Gasteiger partial charge in [0.15, 0.2) is 12.4 Å². The quantitative estimate of drug-likeness (QED) is 0.163. The third-order valence-electron chi connectivity index (χ3n) is 7.82. The van der Waals surface area contributed by atoms with E-state index in [1.165, 1.54) is 22.3 Å². The van der Waals surface area contributed by atoms with Crippen molar-refractivity contribution in [2.24, 2.45) is 5.41 Å². The number of carbonyl (C=O) groups excluding carboxylic acids is 1. The molecule has 2 heterocycles. The highest BCUT2D eigenvalue weighted by molar-refractivity contribution is 7.80. The van der Waals surface area contributed by atoms with Crippen LogP contribution in [-0.4, -0.2) is 55.8 Å². The van der Waals surface area contributed by atoms with Gasteiger partial charge < -0.3 is 28.4 Å². The lowest BCUT2D eigenvalue weighted by atomic mass is 9.95. The highest BCUT2D eigenvalue weighted by Crippen LogP contribution is 2.44. The van der Waals surface area contributed by atoms with E-state index in [0.717, 1.165) is 5.56 Å². The zero-order chi connectivity index (χ0) is 28.6. The number of fused-ring (bicyclic) bond motifs is 4. The molecule has 0 saturated carbocycles. The molecule has 0 aromatic heterocycles. The molecular formula is C33H36O7S. The summed E-state index contributed by atoms with van der Waals surface area (Å²) in [6.07, 6.45) is -3.10. The fourth-order valence-electron chi connectivity index (χ4n) is 5.69. The zero-order valence-corrected chi connectivity index (χ0v) is 24.4. The largest absolute Gasteiger partial charge is 0.455 e. The van der Waals surface area contributed by atoms with Crippen molar-refractivity contribution in [3.63, 3.8) is 0 Å². The van der Waals surface area contributed by atoms with Crippen molar-refractivity contribution >= 4 is 18.6 Å². The molecule has 6 rings (SSSR count). The summed E-state index contributed by atoms with van der Waals surface area (Å²) in [5.41, 5.74) is 4.41. The third kappa shape index (κ3) is 5.82. The Hall–Kier alpha value is -2.72. The van der Waals surface area contributed by atoms with Crippen molar-refractivity contribution in [1.82, 2.24) is 0 Å². The summed E-state index contributed by atoms with van der Waals surface area (Å²) < 4.78 is 37.0. The number of thiol groups is 1. The molecule has 2 saturated heterocycles. The molecule has 0 spiro atoms. The number of hydrogen-bond acceptors (Lipinski definition) is 8. The van der Waals surface area contributed by atoms with Gasteiger partial charge in [0.2, 0.25) is 0 Å². The van der Waals surface area contributed by atoms with Crippen LogP contribution in [0.2, 0.25) is 0 Å². The van der Waals surface area contributed by atoms with E-state index in [4.69, 9.17) is 28.4 Å². The van der Waals surface area contributed by atoms with E-state index in [2.05, 4.69) is 61.2 Å². The molecule has 7 nitrogen and oxygen atoms in total. The predicted octanol–water partition coefficient (Wildman–Crippen LogP) is 5.89. The summed E-state index contributed by atoms with van der Waals surface area (Å²) in [6.45, 7) is 6.14. The average molecular weight is 577 g/mol. The molecule has 2 aliphatic heterocycles. The Bertz CT molecular complexity index is 1310. The standard InChI is InChI=1S/C33H36O7S/c1-33(2,3)32(34)40-29-28(27-26(38-31(29)41)18-36-30(39-27)20-11-5-4-6-12-20)37-19-35-17-25-23-15-9-7-13-21(23)22-14-8-10-16-24(22)25/h4-16,25-31,41H,17-19H2,1-3H3/t26-,27+,28+,29-,30?,31?/m1/s1. The number of carbonyl (C=O) groups is 1. The van der Waals surface area contributed by atoms with Crippen molar-refractivity contribution in [2.75, 3.05) is 20.0 Å². The van der Waals surface area contributed by atoms with Gasteiger partial charge >= 0.3 is 5.97 Å². The molecule has 0 amide bonds. The van der Waals surface area contributed by atoms with Crippen LogP contribution in [0.5, 0.6) is 0 Å². The van der Waals surface area contributed by atoms with Crippen LogP contribution >= 0.6 is 12.6 Å². The Morgan fingerprint density at radius 2 is 1.51 bits per heavy atom. The molecule has 1 aliphatic carbocycles. The Morgan fingerprint density at radius 1 is 0.878 bits per heavy atom. The minimum Gasteiger partial charge on any atom is -0.455 e. The highest BCUT2D eigenvalue weighted by atomic mass is 32.1. The number of esters is 1. The number of rotatable bonds is 7. The Balaban J connectivity index is 1.19. The first-order valence-corrected chi connectivity index (χ1v) is 14.6. The van der Waals surface area contributed by atoms with Crippen LogP contribution in [0.1, 0.15) is 49.7 Å². The molecule has 2 unspecified atom stereocenters. The van der Waals surface area contributed by atoms with Crippen molar-refractivity contribution in [1.29, 1.82) is 0 Å². The first kappa shape index (κ1) is 28.4. The minimum atomic E-state index is -0.808. The Kier molecular flexibility index (Phi) is 8.23. The third-order valence-corrected chi connectivity index (χ3v) is 8.24. The van der Waals surface area contributed by atoms with Crippen LogP contribution in [0.4, 0.5) is 0 Å². The zero-order valence-electron chi connectivity index (χ0n) is 23.5. The van der Waals surface area contributed by atoms with E-state index in [9.17, 15) is 4.79 Å². The van der Waals surface area contributed by atoms with Crippen molar-refractivity contribution < 1.29 is 33.2 Å². The molecular weight excluding hydrogens is 540 g/mol. The summed E-state index contributed by atoms with van der Waals surface area (Å²) in [7, 11) is 0. The molecule has 216 valence electrons. The highest BCUT2D eigenvalue weighted by Gasteiger charge is 2.52. The van der Waals surface area contributed by atoms with Crippen molar-refractivity contribution in [2.45, 2.75) is 62.8 Å². The minimum absolute atomic E-state index is 0.0149. The molecule has 0 radical (unpaired) electrons. The predicted molar refractivity (Wildman–Crippen MR) is 156 cm³/mol. The van der Waals surface area contributed by atoms with Gasteiger partial charge in [0.25, 0.3) is 0 Å². The second-order valence-electron chi connectivity index (χ2n) is 11.7. The average Bonchev–Trinajstić information content (AvgIpc) is 3.30. The number of ether oxygens (including phenoxy) is 6. The van der Waals surface area contributed by atoms with Crippen molar-refractivity contribution in [3.05, 3.63) is 95.6 Å². The molecule has 41 heavy (non-hydrogen) atoms. The number of hydrogen-bond donors (Lipinski definition) is 1. The molecule has 3 aromatic rings. The summed E-state index contributed by atoms with van der Waals surface area (Å²) >= 11 is 4.64. The molecule has 6 atom stereocenters. The molecule has 3 aliphatic rings. The van der Waals surface area contributed by atoms with Crippen LogP contribution in [0, 0.1) is 5.41 Å². The first-order valence-electron chi connectivity index (χ1n) is 14.1. The summed E-state index contributed by atoms with van der Waals surface area (Å²) in [5.74, 6) is -0.272. The number of benzene rings is 3. The second kappa shape index (κ2) is 11.9. The van der Waals surface area contributed by atoms with Crippen molar-refractivity contribution in [3.8, 4) is 11.1 Å². The summed E-state index contributed by atoms with van der Waals surface area (Å²) in [6, 6.07) is 26.6. The Morgan fingerprint density at radius 3 is 2.17 bits per heavy atom. The van der Waals surface area contributed by atoms with Crippen LogP contribution in [-0.2, 0) is 33.2 Å². The van der Waals surface area contributed by atoms with Crippen LogP contribution in [0.15, 0.2) is 78.9 Å². The molecule has 2 fully saturated rings. The van der Waals surface area contributed by atoms with E-state index in [-0.39, 0.29) is 25.3 Å². The van der Waals surface area contributed by atoms with E-state index in [1.807, 2.05) is 51.1 Å². The van der Waals surface area contributed by atoms with Gasteiger partial charge in [-0.1, -0.05) is 78.9 Å². The normalized spacial score (nSPS) is 27.5. The first-order chi connectivity index (χ1) is 19.8. The molecule has 0 bridgehead atoms. The van der Waals surface area contributed by atoms with Gasteiger partial charge in [0, 0.05) is 11.5 Å². The van der Waals surface area contributed by atoms with Gasteiger partial charge in [-0.2, -0.15) is 0 Å². The maximum atomic E-state index is 12.9. The van der Waals surface area contributed by atoms with Gasteiger partial charge in [-0.3, -0.25) is 4.79 Å². The smallest absolute Gasteiger partial charge is 0.311 e.